The summed E-state index contributed by atoms with van der Waals surface area (Å²) in [6.07, 6.45) is 9.65. The van der Waals surface area contributed by atoms with Crippen molar-refractivity contribution in [1.82, 2.24) is 10.6 Å². The molecule has 3 aliphatic rings. The van der Waals surface area contributed by atoms with Crippen LogP contribution in [-0.2, 0) is 4.79 Å². The predicted octanol–water partition coefficient (Wildman–Crippen LogP) is 2.64. The summed E-state index contributed by atoms with van der Waals surface area (Å²) < 4.78 is 0. The highest BCUT2D eigenvalue weighted by Gasteiger charge is 2.41. The molecular formula is C15H27ClN2O. The molecular weight excluding hydrogens is 260 g/mol. The average Bonchev–Trinajstić information content (AvgIpc) is 3.07. The first-order chi connectivity index (χ1) is 8.69. The highest BCUT2D eigenvalue weighted by atomic mass is 35.5. The van der Waals surface area contributed by atoms with Crippen molar-refractivity contribution in [2.45, 2.75) is 70.4 Å². The van der Waals surface area contributed by atoms with Crippen molar-refractivity contribution in [3.05, 3.63) is 0 Å². The summed E-state index contributed by atoms with van der Waals surface area (Å²) in [4.78, 5) is 12.0. The zero-order valence-electron chi connectivity index (χ0n) is 11.9. The maximum atomic E-state index is 12.0. The highest BCUT2D eigenvalue weighted by molar-refractivity contribution is 5.85. The van der Waals surface area contributed by atoms with Gasteiger partial charge in [0.25, 0.3) is 0 Å². The molecule has 4 heteroatoms. The van der Waals surface area contributed by atoms with E-state index in [2.05, 4.69) is 17.6 Å². The van der Waals surface area contributed by atoms with Gasteiger partial charge in [0.15, 0.2) is 0 Å². The minimum Gasteiger partial charge on any atom is -0.356 e. The first kappa shape index (κ1) is 15.1. The fourth-order valence-electron chi connectivity index (χ4n) is 3.79. The lowest BCUT2D eigenvalue weighted by Crippen LogP contribution is -2.40. The fourth-order valence-corrected chi connectivity index (χ4v) is 3.79. The van der Waals surface area contributed by atoms with Crippen molar-refractivity contribution >= 4 is 18.3 Å². The second-order valence-corrected chi connectivity index (χ2v) is 6.81. The van der Waals surface area contributed by atoms with Gasteiger partial charge in [0, 0.05) is 25.0 Å². The second-order valence-electron chi connectivity index (χ2n) is 6.81. The van der Waals surface area contributed by atoms with Crippen molar-refractivity contribution in [3.8, 4) is 0 Å². The molecule has 2 aliphatic heterocycles. The Morgan fingerprint density at radius 1 is 1.26 bits per heavy atom. The van der Waals surface area contributed by atoms with Crippen LogP contribution in [0.4, 0.5) is 0 Å². The number of hydrogen-bond acceptors (Lipinski definition) is 2. The number of piperidine rings is 1. The third-order valence-electron chi connectivity index (χ3n) is 5.41. The van der Waals surface area contributed by atoms with Crippen LogP contribution in [0.5, 0.6) is 0 Å². The Morgan fingerprint density at radius 2 is 1.89 bits per heavy atom. The summed E-state index contributed by atoms with van der Waals surface area (Å²) >= 11 is 0. The number of hydrogen-bond donors (Lipinski definition) is 2. The maximum absolute atomic E-state index is 12.0. The molecule has 2 bridgehead atoms. The Bertz CT molecular complexity index is 318. The number of carbonyl (C=O) groups excluding carboxylic acids is 1. The van der Waals surface area contributed by atoms with E-state index in [0.717, 1.165) is 13.0 Å². The first-order valence-electron chi connectivity index (χ1n) is 7.72. The quantitative estimate of drug-likeness (QED) is 0.816. The molecule has 110 valence electrons. The average molecular weight is 287 g/mol. The smallest absolute Gasteiger partial charge is 0.220 e. The van der Waals surface area contributed by atoms with Crippen LogP contribution in [0.25, 0.3) is 0 Å². The van der Waals surface area contributed by atoms with Gasteiger partial charge >= 0.3 is 0 Å². The standard InChI is InChI=1S/C15H26N2O.ClH/c1-2-15(5-6-15)10-16-14(18)9-11-7-12-3-4-13(8-11)17-12;/h11-13,17H,2-10H2,1H3,(H,16,18);1H. The number of carbonyl (C=O) groups is 1. The number of nitrogens with one attached hydrogen (secondary N) is 2. The second kappa shape index (κ2) is 6.01. The molecule has 0 spiro atoms. The molecule has 0 aromatic carbocycles. The van der Waals surface area contributed by atoms with Gasteiger partial charge in [-0.05, 0) is 56.3 Å². The molecule has 1 amide bonds. The molecule has 0 aromatic rings. The minimum atomic E-state index is 0. The van der Waals surface area contributed by atoms with E-state index in [0.29, 0.717) is 29.3 Å². The monoisotopic (exact) mass is 286 g/mol. The van der Waals surface area contributed by atoms with Crippen LogP contribution < -0.4 is 10.6 Å². The fraction of sp³-hybridized carbons (Fsp3) is 0.933. The van der Waals surface area contributed by atoms with Gasteiger partial charge < -0.3 is 10.6 Å². The molecule has 0 radical (unpaired) electrons. The van der Waals surface area contributed by atoms with Crippen LogP contribution in [0.2, 0.25) is 0 Å². The molecule has 3 nitrogen and oxygen atoms in total. The van der Waals surface area contributed by atoms with E-state index in [1.54, 1.807) is 0 Å². The van der Waals surface area contributed by atoms with Gasteiger partial charge in [0.1, 0.15) is 0 Å². The van der Waals surface area contributed by atoms with E-state index in [-0.39, 0.29) is 12.4 Å². The van der Waals surface area contributed by atoms with Crippen LogP contribution in [0.15, 0.2) is 0 Å². The van der Waals surface area contributed by atoms with Gasteiger partial charge in [-0.25, -0.2) is 0 Å². The van der Waals surface area contributed by atoms with Gasteiger partial charge in [0.05, 0.1) is 0 Å². The van der Waals surface area contributed by atoms with Gasteiger partial charge in [-0.2, -0.15) is 0 Å². The van der Waals surface area contributed by atoms with Gasteiger partial charge in [-0.15, -0.1) is 12.4 Å². The summed E-state index contributed by atoms with van der Waals surface area (Å²) in [6.45, 7) is 3.16. The molecule has 19 heavy (non-hydrogen) atoms. The van der Waals surface area contributed by atoms with Crippen LogP contribution in [-0.4, -0.2) is 24.5 Å². The minimum absolute atomic E-state index is 0. The zero-order valence-corrected chi connectivity index (χ0v) is 12.7. The Balaban J connectivity index is 0.00000133. The van der Waals surface area contributed by atoms with Gasteiger partial charge in [0.2, 0.25) is 5.91 Å². The third kappa shape index (κ3) is 3.63. The molecule has 1 aliphatic carbocycles. The van der Waals surface area contributed by atoms with Crippen molar-refractivity contribution in [3.63, 3.8) is 0 Å². The number of fused-ring (bicyclic) bond motifs is 2. The summed E-state index contributed by atoms with van der Waals surface area (Å²) in [5.74, 6) is 0.918. The molecule has 1 saturated carbocycles. The SMILES string of the molecule is CCC1(CNC(=O)CC2CC3CCC(C2)N3)CC1.Cl. The van der Waals surface area contributed by atoms with Gasteiger partial charge in [-0.1, -0.05) is 6.92 Å². The molecule has 2 N–H and O–H groups in total. The Hall–Kier alpha value is -0.280. The third-order valence-corrected chi connectivity index (χ3v) is 5.41. The van der Waals surface area contributed by atoms with E-state index in [4.69, 9.17) is 0 Å². The molecule has 3 rings (SSSR count). The lowest BCUT2D eigenvalue weighted by atomic mass is 9.89. The van der Waals surface area contributed by atoms with Crippen molar-refractivity contribution in [1.29, 1.82) is 0 Å². The largest absolute Gasteiger partial charge is 0.356 e. The highest BCUT2D eigenvalue weighted by Crippen LogP contribution is 2.47. The summed E-state index contributed by atoms with van der Waals surface area (Å²) in [7, 11) is 0. The Morgan fingerprint density at radius 3 is 2.42 bits per heavy atom. The van der Waals surface area contributed by atoms with Crippen molar-refractivity contribution < 1.29 is 4.79 Å². The van der Waals surface area contributed by atoms with Crippen molar-refractivity contribution in [2.75, 3.05) is 6.54 Å². The maximum Gasteiger partial charge on any atom is 0.220 e. The van der Waals surface area contributed by atoms with Crippen LogP contribution in [0, 0.1) is 11.3 Å². The van der Waals surface area contributed by atoms with E-state index in [1.165, 1.54) is 44.9 Å². The topological polar surface area (TPSA) is 41.1 Å². The van der Waals surface area contributed by atoms with Crippen LogP contribution in [0.3, 0.4) is 0 Å². The zero-order chi connectivity index (χ0) is 12.6. The van der Waals surface area contributed by atoms with E-state index in [9.17, 15) is 4.79 Å². The molecule has 3 fully saturated rings. The van der Waals surface area contributed by atoms with E-state index >= 15 is 0 Å². The van der Waals surface area contributed by atoms with Crippen LogP contribution in [0.1, 0.15) is 58.3 Å². The summed E-state index contributed by atoms with van der Waals surface area (Å²) in [5.41, 5.74) is 0.475. The summed E-state index contributed by atoms with van der Waals surface area (Å²) in [6, 6.07) is 1.40. The summed E-state index contributed by atoms with van der Waals surface area (Å²) in [5, 5.41) is 6.81. The first-order valence-corrected chi connectivity index (χ1v) is 7.72. The molecule has 2 unspecified atom stereocenters. The number of amides is 1. The molecule has 2 heterocycles. The predicted molar refractivity (Wildman–Crippen MR) is 79.5 cm³/mol. The van der Waals surface area contributed by atoms with Gasteiger partial charge in [-0.3, -0.25) is 4.79 Å². The normalized spacial score (nSPS) is 34.5. The van der Waals surface area contributed by atoms with Crippen molar-refractivity contribution in [2.24, 2.45) is 11.3 Å². The van der Waals surface area contributed by atoms with E-state index < -0.39 is 0 Å². The Labute approximate surface area is 122 Å². The lowest BCUT2D eigenvalue weighted by molar-refractivity contribution is -0.122. The van der Waals surface area contributed by atoms with Crippen LogP contribution >= 0.6 is 12.4 Å². The van der Waals surface area contributed by atoms with E-state index in [1.807, 2.05) is 0 Å². The number of rotatable bonds is 5. The lowest BCUT2D eigenvalue weighted by Gasteiger charge is -2.28. The molecule has 2 saturated heterocycles. The molecule has 2 atom stereocenters. The molecule has 0 aromatic heterocycles. The Kier molecular flexibility index (Phi) is 4.78. The number of halogens is 1.